The van der Waals surface area contributed by atoms with E-state index in [0.717, 1.165) is 35.4 Å². The van der Waals surface area contributed by atoms with Crippen molar-refractivity contribution in [1.29, 1.82) is 0 Å². The number of nitrogens with two attached hydrogens (primary N) is 1. The molecule has 0 atom stereocenters. The lowest BCUT2D eigenvalue weighted by atomic mass is 9.95. The molecule has 1 heterocycles. The third-order valence-electron chi connectivity index (χ3n) is 3.44. The van der Waals surface area contributed by atoms with Gasteiger partial charge in [-0.1, -0.05) is 38.4 Å². The number of aryl methyl sites for hydroxylation is 1. The molecular weight excluding hydrogens is 252 g/mol. The van der Waals surface area contributed by atoms with E-state index >= 15 is 0 Å². The quantitative estimate of drug-likeness (QED) is 0.895. The topological polar surface area (TPSA) is 61.3 Å². The van der Waals surface area contributed by atoms with Gasteiger partial charge in [-0.2, -0.15) is 0 Å². The largest absolute Gasteiger partial charge is 0.496 e. The Balaban J connectivity index is 2.60. The monoisotopic (exact) mass is 274 g/mol. The van der Waals surface area contributed by atoms with Crippen LogP contribution in [0.4, 0.5) is 5.88 Å². The maximum atomic E-state index is 5.97. The average molecular weight is 274 g/mol. The molecule has 0 unspecified atom stereocenters. The van der Waals surface area contributed by atoms with E-state index < -0.39 is 0 Å². The molecule has 1 aromatic heterocycles. The van der Waals surface area contributed by atoms with Crippen LogP contribution >= 0.6 is 0 Å². The Hall–Kier alpha value is -1.97. The number of hydrogen-bond donors (Lipinski definition) is 1. The minimum Gasteiger partial charge on any atom is -0.496 e. The number of anilines is 1. The van der Waals surface area contributed by atoms with Gasteiger partial charge in [-0.15, -0.1) is 0 Å². The van der Waals surface area contributed by atoms with Crippen LogP contribution in [-0.4, -0.2) is 12.3 Å². The van der Waals surface area contributed by atoms with Gasteiger partial charge in [-0.05, 0) is 30.0 Å². The molecule has 1 aromatic carbocycles. The Morgan fingerprint density at radius 2 is 2.10 bits per heavy atom. The van der Waals surface area contributed by atoms with Crippen molar-refractivity contribution < 1.29 is 9.26 Å². The van der Waals surface area contributed by atoms with Crippen LogP contribution in [0.15, 0.2) is 22.7 Å². The third kappa shape index (κ3) is 2.64. The van der Waals surface area contributed by atoms with Crippen molar-refractivity contribution in [3.63, 3.8) is 0 Å². The normalized spacial score (nSPS) is 11.1. The lowest BCUT2D eigenvalue weighted by molar-refractivity contribution is 0.416. The van der Waals surface area contributed by atoms with Crippen LogP contribution in [0.25, 0.3) is 11.1 Å². The van der Waals surface area contributed by atoms with Gasteiger partial charge in [-0.25, -0.2) is 0 Å². The van der Waals surface area contributed by atoms with Gasteiger partial charge >= 0.3 is 0 Å². The Morgan fingerprint density at radius 1 is 1.35 bits per heavy atom. The van der Waals surface area contributed by atoms with Gasteiger partial charge in [0.15, 0.2) is 0 Å². The van der Waals surface area contributed by atoms with Crippen molar-refractivity contribution in [1.82, 2.24) is 5.16 Å². The summed E-state index contributed by atoms with van der Waals surface area (Å²) in [4.78, 5) is 0. The highest BCUT2D eigenvalue weighted by Gasteiger charge is 2.19. The molecule has 4 nitrogen and oxygen atoms in total. The molecule has 0 spiro atoms. The SMILES string of the molecule is CCCc1noc(N)c1-c1cc(C(C)C)ccc1OC. The molecule has 2 aromatic rings. The summed E-state index contributed by atoms with van der Waals surface area (Å²) in [6.07, 6.45) is 1.83. The first kappa shape index (κ1) is 14.4. The van der Waals surface area contributed by atoms with Gasteiger partial charge in [0.05, 0.1) is 18.4 Å². The van der Waals surface area contributed by atoms with Crippen LogP contribution in [0.1, 0.15) is 44.4 Å². The fourth-order valence-corrected chi connectivity index (χ4v) is 2.31. The second kappa shape index (κ2) is 5.99. The highest BCUT2D eigenvalue weighted by Crippen LogP contribution is 2.38. The van der Waals surface area contributed by atoms with Gasteiger partial charge < -0.3 is 15.0 Å². The van der Waals surface area contributed by atoms with Crippen LogP contribution in [0.5, 0.6) is 5.75 Å². The standard InChI is InChI=1S/C16H22N2O2/c1-5-6-13-15(16(17)20-18-13)12-9-11(10(2)3)7-8-14(12)19-4/h7-10H,5-6,17H2,1-4H3. The molecule has 0 bridgehead atoms. The number of aromatic nitrogens is 1. The first-order chi connectivity index (χ1) is 9.58. The van der Waals surface area contributed by atoms with Crippen LogP contribution in [0.2, 0.25) is 0 Å². The summed E-state index contributed by atoms with van der Waals surface area (Å²) in [6.45, 7) is 6.43. The molecular formula is C16H22N2O2. The summed E-state index contributed by atoms with van der Waals surface area (Å²) in [5, 5.41) is 4.08. The number of ether oxygens (including phenoxy) is 1. The third-order valence-corrected chi connectivity index (χ3v) is 3.44. The Labute approximate surface area is 119 Å². The summed E-state index contributed by atoms with van der Waals surface area (Å²) < 4.78 is 10.6. The maximum absolute atomic E-state index is 5.97. The van der Waals surface area contributed by atoms with Crippen LogP contribution in [0.3, 0.4) is 0 Å². The summed E-state index contributed by atoms with van der Waals surface area (Å²) in [7, 11) is 1.66. The van der Waals surface area contributed by atoms with Crippen molar-refractivity contribution in [2.45, 2.75) is 39.5 Å². The summed E-state index contributed by atoms with van der Waals surface area (Å²) in [6, 6.07) is 6.18. The number of hydrogen-bond acceptors (Lipinski definition) is 4. The van der Waals surface area contributed by atoms with Gasteiger partial charge in [0, 0.05) is 5.56 Å². The molecule has 0 aliphatic heterocycles. The van der Waals surface area contributed by atoms with Crippen molar-refractivity contribution in [2.24, 2.45) is 0 Å². The number of benzene rings is 1. The maximum Gasteiger partial charge on any atom is 0.230 e. The fraction of sp³-hybridized carbons (Fsp3) is 0.438. The molecule has 2 N–H and O–H groups in total. The zero-order valence-corrected chi connectivity index (χ0v) is 12.6. The van der Waals surface area contributed by atoms with E-state index in [1.807, 2.05) is 6.07 Å². The number of nitrogens with zero attached hydrogens (tertiary/aromatic N) is 1. The van der Waals surface area contributed by atoms with E-state index in [-0.39, 0.29) is 0 Å². The average Bonchev–Trinajstić information content (AvgIpc) is 2.79. The van der Waals surface area contributed by atoms with E-state index in [9.17, 15) is 0 Å². The molecule has 108 valence electrons. The van der Waals surface area contributed by atoms with Crippen LogP contribution in [-0.2, 0) is 6.42 Å². The minimum absolute atomic E-state index is 0.354. The smallest absolute Gasteiger partial charge is 0.230 e. The van der Waals surface area contributed by atoms with Gasteiger partial charge in [0.1, 0.15) is 5.75 Å². The highest BCUT2D eigenvalue weighted by molar-refractivity contribution is 5.80. The van der Waals surface area contributed by atoms with E-state index in [1.54, 1.807) is 7.11 Å². The van der Waals surface area contributed by atoms with Gasteiger partial charge in [0.25, 0.3) is 0 Å². The van der Waals surface area contributed by atoms with Crippen LogP contribution in [0, 0.1) is 0 Å². The predicted molar refractivity (Wildman–Crippen MR) is 81.0 cm³/mol. The molecule has 0 aliphatic carbocycles. The van der Waals surface area contributed by atoms with Crippen molar-refractivity contribution in [3.05, 3.63) is 29.5 Å². The molecule has 0 radical (unpaired) electrons. The Morgan fingerprint density at radius 3 is 2.70 bits per heavy atom. The molecule has 0 aliphatic rings. The Bertz CT molecular complexity index is 588. The summed E-state index contributed by atoms with van der Waals surface area (Å²) in [5.41, 5.74) is 9.93. The van der Waals surface area contributed by atoms with Crippen molar-refractivity contribution in [3.8, 4) is 16.9 Å². The van der Waals surface area contributed by atoms with Gasteiger partial charge in [0.2, 0.25) is 5.88 Å². The Kier molecular flexibility index (Phi) is 4.32. The molecule has 0 amide bonds. The second-order valence-corrected chi connectivity index (χ2v) is 5.23. The lowest BCUT2D eigenvalue weighted by Crippen LogP contribution is -1.96. The first-order valence-corrected chi connectivity index (χ1v) is 7.00. The zero-order valence-electron chi connectivity index (χ0n) is 12.6. The summed E-state index contributed by atoms with van der Waals surface area (Å²) in [5.74, 6) is 1.59. The molecule has 20 heavy (non-hydrogen) atoms. The summed E-state index contributed by atoms with van der Waals surface area (Å²) >= 11 is 0. The zero-order chi connectivity index (χ0) is 14.7. The second-order valence-electron chi connectivity index (χ2n) is 5.23. The predicted octanol–water partition coefficient (Wildman–Crippen LogP) is 4.01. The van der Waals surface area contributed by atoms with E-state index in [4.69, 9.17) is 15.0 Å². The van der Waals surface area contributed by atoms with Gasteiger partial charge in [-0.3, -0.25) is 0 Å². The lowest BCUT2D eigenvalue weighted by Gasteiger charge is -2.13. The molecule has 2 rings (SSSR count). The number of methoxy groups -OCH3 is 1. The number of nitrogen functional groups attached to an aromatic ring is 1. The number of rotatable bonds is 5. The highest BCUT2D eigenvalue weighted by atomic mass is 16.5. The molecule has 0 saturated heterocycles. The van der Waals surface area contributed by atoms with E-state index in [1.165, 1.54) is 5.56 Å². The van der Waals surface area contributed by atoms with E-state index in [0.29, 0.717) is 11.8 Å². The van der Waals surface area contributed by atoms with E-state index in [2.05, 4.69) is 38.1 Å². The minimum atomic E-state index is 0.354. The molecule has 4 heteroatoms. The molecule has 0 saturated carbocycles. The van der Waals surface area contributed by atoms with Crippen molar-refractivity contribution >= 4 is 5.88 Å². The first-order valence-electron chi connectivity index (χ1n) is 7.00. The molecule has 0 fully saturated rings. The van der Waals surface area contributed by atoms with Crippen molar-refractivity contribution in [2.75, 3.05) is 12.8 Å². The van der Waals surface area contributed by atoms with Crippen LogP contribution < -0.4 is 10.5 Å². The fourth-order valence-electron chi connectivity index (χ4n) is 2.31.